The van der Waals surface area contributed by atoms with Gasteiger partial charge in [0.25, 0.3) is 0 Å². The third-order valence-electron chi connectivity index (χ3n) is 4.39. The van der Waals surface area contributed by atoms with Gasteiger partial charge in [-0.15, -0.1) is 0 Å². The van der Waals surface area contributed by atoms with Crippen molar-refractivity contribution in [2.45, 2.75) is 76.7 Å². The molecular formula is C18H27BrFN. The molecule has 0 unspecified atom stereocenters. The summed E-state index contributed by atoms with van der Waals surface area (Å²) in [5.74, 6) is -0.149. The first-order chi connectivity index (χ1) is 10.3. The van der Waals surface area contributed by atoms with Crippen LogP contribution in [0.4, 0.5) is 10.1 Å². The topological polar surface area (TPSA) is 12.0 Å². The second-order valence-electron chi connectivity index (χ2n) is 6.22. The second-order valence-corrected chi connectivity index (χ2v) is 7.14. The van der Waals surface area contributed by atoms with Crippen LogP contribution in [0, 0.1) is 5.82 Å². The molecule has 1 aromatic rings. The summed E-state index contributed by atoms with van der Waals surface area (Å²) in [6, 6.07) is 5.54. The van der Waals surface area contributed by atoms with Gasteiger partial charge < -0.3 is 5.32 Å². The Bertz CT molecular complexity index is 410. The highest BCUT2D eigenvalue weighted by Crippen LogP contribution is 2.24. The van der Waals surface area contributed by atoms with Crippen LogP contribution in [0.5, 0.6) is 0 Å². The molecule has 0 heterocycles. The lowest BCUT2D eigenvalue weighted by atomic mass is 9.98. The van der Waals surface area contributed by atoms with Crippen molar-refractivity contribution >= 4 is 21.6 Å². The van der Waals surface area contributed by atoms with Crippen molar-refractivity contribution in [1.29, 1.82) is 0 Å². The number of halogens is 2. The fraction of sp³-hybridized carbons (Fsp3) is 0.667. The van der Waals surface area contributed by atoms with E-state index in [-0.39, 0.29) is 5.82 Å². The molecule has 1 nitrogen and oxygen atoms in total. The molecule has 0 spiro atoms. The van der Waals surface area contributed by atoms with Crippen molar-refractivity contribution in [2.75, 3.05) is 5.32 Å². The Hall–Kier alpha value is -0.570. The zero-order valence-corrected chi connectivity index (χ0v) is 14.4. The van der Waals surface area contributed by atoms with Gasteiger partial charge in [-0.1, -0.05) is 73.7 Å². The van der Waals surface area contributed by atoms with Gasteiger partial charge in [0.15, 0.2) is 0 Å². The van der Waals surface area contributed by atoms with Crippen LogP contribution in [-0.4, -0.2) is 6.04 Å². The van der Waals surface area contributed by atoms with Crippen molar-refractivity contribution in [3.8, 4) is 0 Å². The van der Waals surface area contributed by atoms with E-state index >= 15 is 0 Å². The summed E-state index contributed by atoms with van der Waals surface area (Å²) in [6.45, 7) is 0. The van der Waals surface area contributed by atoms with Crippen molar-refractivity contribution in [3.05, 3.63) is 28.5 Å². The first-order valence-corrected chi connectivity index (χ1v) is 9.26. The third-order valence-corrected chi connectivity index (χ3v) is 4.89. The Morgan fingerprint density at radius 3 is 1.95 bits per heavy atom. The average molecular weight is 356 g/mol. The smallest absolute Gasteiger partial charge is 0.146 e. The number of benzene rings is 1. The third kappa shape index (κ3) is 6.37. The number of nitrogens with one attached hydrogen (secondary N) is 1. The Kier molecular flexibility index (Phi) is 7.56. The summed E-state index contributed by atoms with van der Waals surface area (Å²) in [6.07, 6.45) is 14.4. The minimum atomic E-state index is -0.149. The highest BCUT2D eigenvalue weighted by Gasteiger charge is 2.12. The minimum Gasteiger partial charge on any atom is -0.380 e. The molecule has 0 atom stereocenters. The van der Waals surface area contributed by atoms with Crippen molar-refractivity contribution in [3.63, 3.8) is 0 Å². The molecular weight excluding hydrogens is 329 g/mol. The summed E-state index contributed by atoms with van der Waals surface area (Å²) in [4.78, 5) is 0. The monoisotopic (exact) mass is 355 g/mol. The molecule has 0 saturated heterocycles. The van der Waals surface area contributed by atoms with Gasteiger partial charge in [-0.05, 0) is 31.0 Å². The van der Waals surface area contributed by atoms with Crippen LogP contribution in [0.3, 0.4) is 0 Å². The molecule has 0 bridgehead atoms. The van der Waals surface area contributed by atoms with E-state index in [0.717, 1.165) is 17.3 Å². The molecule has 0 amide bonds. The molecule has 3 heteroatoms. The van der Waals surface area contributed by atoms with Crippen LogP contribution in [0.1, 0.15) is 70.6 Å². The summed E-state index contributed by atoms with van der Waals surface area (Å²) in [7, 11) is 0. The molecule has 21 heavy (non-hydrogen) atoms. The number of rotatable bonds is 2. The van der Waals surface area contributed by atoms with Gasteiger partial charge >= 0.3 is 0 Å². The fourth-order valence-corrected chi connectivity index (χ4v) is 3.50. The van der Waals surface area contributed by atoms with Gasteiger partial charge in [0.05, 0.1) is 5.69 Å². The minimum absolute atomic E-state index is 0.149. The lowest BCUT2D eigenvalue weighted by Gasteiger charge is -2.21. The molecule has 0 aromatic heterocycles. The molecule has 1 saturated carbocycles. The van der Waals surface area contributed by atoms with Crippen molar-refractivity contribution in [1.82, 2.24) is 0 Å². The molecule has 1 aromatic carbocycles. The van der Waals surface area contributed by atoms with E-state index in [1.54, 1.807) is 6.07 Å². The molecule has 0 aliphatic heterocycles. The highest BCUT2D eigenvalue weighted by atomic mass is 79.9. The highest BCUT2D eigenvalue weighted by molar-refractivity contribution is 9.10. The number of anilines is 1. The van der Waals surface area contributed by atoms with Crippen molar-refractivity contribution < 1.29 is 4.39 Å². The molecule has 1 fully saturated rings. The van der Waals surface area contributed by atoms with Gasteiger partial charge in [0, 0.05) is 10.5 Å². The predicted octanol–water partition coefficient (Wildman–Crippen LogP) is 6.67. The molecule has 1 aliphatic rings. The maximum atomic E-state index is 13.9. The zero-order valence-electron chi connectivity index (χ0n) is 12.8. The number of hydrogen-bond donors (Lipinski definition) is 1. The Balaban J connectivity index is 1.92. The Morgan fingerprint density at radius 1 is 0.857 bits per heavy atom. The van der Waals surface area contributed by atoms with Gasteiger partial charge in [-0.3, -0.25) is 0 Å². The Labute approximate surface area is 136 Å². The zero-order chi connectivity index (χ0) is 14.9. The summed E-state index contributed by atoms with van der Waals surface area (Å²) < 4.78 is 14.8. The summed E-state index contributed by atoms with van der Waals surface area (Å²) >= 11 is 3.42. The standard InChI is InChI=1S/C18H27BrFN/c19-15-12-13-17(20)18(14-15)21-16-10-8-6-4-2-1-3-5-7-9-11-16/h12-14,16,21H,1-11H2. The van der Waals surface area contributed by atoms with Crippen LogP contribution in [0.15, 0.2) is 22.7 Å². The number of hydrogen-bond acceptors (Lipinski definition) is 1. The van der Waals surface area contributed by atoms with Crippen molar-refractivity contribution in [2.24, 2.45) is 0 Å². The van der Waals surface area contributed by atoms with E-state index < -0.39 is 0 Å². The molecule has 2 rings (SSSR count). The van der Waals surface area contributed by atoms with Gasteiger partial charge in [0.1, 0.15) is 5.82 Å². The van der Waals surface area contributed by atoms with E-state index in [0.29, 0.717) is 11.7 Å². The van der Waals surface area contributed by atoms with E-state index in [4.69, 9.17) is 0 Å². The first-order valence-electron chi connectivity index (χ1n) is 8.47. The first kappa shape index (κ1) is 16.8. The Morgan fingerprint density at radius 2 is 1.38 bits per heavy atom. The quantitative estimate of drug-likeness (QED) is 0.624. The molecule has 118 valence electrons. The van der Waals surface area contributed by atoms with Gasteiger partial charge in [-0.2, -0.15) is 0 Å². The van der Waals surface area contributed by atoms with Crippen LogP contribution >= 0.6 is 15.9 Å². The normalized spacial score (nSPS) is 19.5. The molecule has 0 radical (unpaired) electrons. The van der Waals surface area contributed by atoms with Crippen LogP contribution in [0.2, 0.25) is 0 Å². The predicted molar refractivity (Wildman–Crippen MR) is 92.3 cm³/mol. The van der Waals surface area contributed by atoms with E-state index in [1.165, 1.54) is 63.9 Å². The van der Waals surface area contributed by atoms with Crippen LogP contribution < -0.4 is 5.32 Å². The summed E-state index contributed by atoms with van der Waals surface area (Å²) in [5, 5.41) is 3.44. The lowest BCUT2D eigenvalue weighted by Crippen LogP contribution is -2.20. The molecule has 1 N–H and O–H groups in total. The molecule has 1 aliphatic carbocycles. The van der Waals surface area contributed by atoms with E-state index in [2.05, 4.69) is 21.2 Å². The van der Waals surface area contributed by atoms with E-state index in [9.17, 15) is 4.39 Å². The largest absolute Gasteiger partial charge is 0.380 e. The summed E-state index contributed by atoms with van der Waals surface area (Å²) in [5.41, 5.74) is 0.640. The maximum absolute atomic E-state index is 13.9. The van der Waals surface area contributed by atoms with Gasteiger partial charge in [0.2, 0.25) is 0 Å². The van der Waals surface area contributed by atoms with Crippen LogP contribution in [-0.2, 0) is 0 Å². The maximum Gasteiger partial charge on any atom is 0.146 e. The van der Waals surface area contributed by atoms with Gasteiger partial charge in [-0.25, -0.2) is 4.39 Å². The fourth-order valence-electron chi connectivity index (χ4n) is 3.14. The SMILES string of the molecule is Fc1ccc(Br)cc1NC1CCCCCCCCCCC1. The van der Waals surface area contributed by atoms with E-state index in [1.807, 2.05) is 6.07 Å². The lowest BCUT2D eigenvalue weighted by molar-refractivity contribution is 0.478. The van der Waals surface area contributed by atoms with Crippen LogP contribution in [0.25, 0.3) is 0 Å². The average Bonchev–Trinajstić information content (AvgIpc) is 2.45. The second kappa shape index (κ2) is 9.45.